The standard InChI is InChI=1S/C16H22N2O2/c1-16(2)10-18(14-7-5-4-6-12(14)16)15(19)13-8-11(20-3)9-17-13/h4-7,11,13,17H,8-10H2,1-3H3/t11-,13-/m1/s1. The van der Waals surface area contributed by atoms with E-state index >= 15 is 0 Å². The number of nitrogens with one attached hydrogen (secondary N) is 1. The number of carbonyl (C=O) groups is 1. The Morgan fingerprint density at radius 1 is 1.40 bits per heavy atom. The van der Waals surface area contributed by atoms with Crippen LogP contribution >= 0.6 is 0 Å². The first-order valence-electron chi connectivity index (χ1n) is 7.20. The number of anilines is 1. The maximum absolute atomic E-state index is 12.8. The topological polar surface area (TPSA) is 41.6 Å². The molecule has 0 spiro atoms. The number of rotatable bonds is 2. The molecule has 1 N–H and O–H groups in total. The molecule has 4 nitrogen and oxygen atoms in total. The lowest BCUT2D eigenvalue weighted by Gasteiger charge is -2.23. The van der Waals surface area contributed by atoms with E-state index in [0.29, 0.717) is 0 Å². The highest BCUT2D eigenvalue weighted by Crippen LogP contribution is 2.40. The number of nitrogens with zero attached hydrogens (tertiary/aromatic N) is 1. The zero-order valence-electron chi connectivity index (χ0n) is 12.3. The van der Waals surface area contributed by atoms with Gasteiger partial charge >= 0.3 is 0 Å². The largest absolute Gasteiger partial charge is 0.380 e. The molecule has 2 atom stereocenters. The van der Waals surface area contributed by atoms with Gasteiger partial charge in [-0.2, -0.15) is 0 Å². The lowest BCUT2D eigenvalue weighted by atomic mass is 9.87. The third-order valence-electron chi connectivity index (χ3n) is 4.47. The number of ether oxygens (including phenoxy) is 1. The molecule has 1 aromatic carbocycles. The van der Waals surface area contributed by atoms with Crippen molar-refractivity contribution in [2.45, 2.75) is 37.8 Å². The first-order chi connectivity index (χ1) is 9.53. The number of hydrogen-bond acceptors (Lipinski definition) is 3. The molecule has 0 unspecified atom stereocenters. The Kier molecular flexibility index (Phi) is 3.30. The van der Waals surface area contributed by atoms with Crippen molar-refractivity contribution in [1.82, 2.24) is 5.32 Å². The molecule has 0 aromatic heterocycles. The second-order valence-corrected chi connectivity index (χ2v) is 6.38. The Labute approximate surface area is 120 Å². The fourth-order valence-electron chi connectivity index (χ4n) is 3.30. The third kappa shape index (κ3) is 2.13. The van der Waals surface area contributed by atoms with Gasteiger partial charge in [-0.1, -0.05) is 32.0 Å². The quantitative estimate of drug-likeness (QED) is 0.892. The third-order valence-corrected chi connectivity index (χ3v) is 4.47. The van der Waals surface area contributed by atoms with Crippen molar-refractivity contribution in [3.8, 4) is 0 Å². The van der Waals surface area contributed by atoms with Gasteiger partial charge in [-0.25, -0.2) is 0 Å². The van der Waals surface area contributed by atoms with Crippen LogP contribution in [0.1, 0.15) is 25.8 Å². The summed E-state index contributed by atoms with van der Waals surface area (Å²) in [6, 6.07) is 8.10. The van der Waals surface area contributed by atoms with E-state index in [0.717, 1.165) is 25.2 Å². The molecule has 4 heteroatoms. The van der Waals surface area contributed by atoms with Gasteiger partial charge in [-0.05, 0) is 18.1 Å². The van der Waals surface area contributed by atoms with E-state index in [2.05, 4.69) is 25.2 Å². The molecule has 0 saturated carbocycles. The molecule has 1 amide bonds. The Bertz CT molecular complexity index is 527. The minimum Gasteiger partial charge on any atom is -0.380 e. The van der Waals surface area contributed by atoms with E-state index in [9.17, 15) is 4.79 Å². The molecule has 108 valence electrons. The maximum atomic E-state index is 12.8. The van der Waals surface area contributed by atoms with E-state index in [1.807, 2.05) is 23.1 Å². The van der Waals surface area contributed by atoms with Crippen LogP contribution in [0.5, 0.6) is 0 Å². The molecule has 0 bridgehead atoms. The Balaban J connectivity index is 1.84. The van der Waals surface area contributed by atoms with Crippen LogP contribution in [0.2, 0.25) is 0 Å². The summed E-state index contributed by atoms with van der Waals surface area (Å²) in [6.07, 6.45) is 0.906. The summed E-state index contributed by atoms with van der Waals surface area (Å²) in [5.41, 5.74) is 2.34. The second-order valence-electron chi connectivity index (χ2n) is 6.38. The minimum atomic E-state index is -0.123. The van der Waals surface area contributed by atoms with Crippen LogP contribution in [0, 0.1) is 0 Å². The molecule has 0 aliphatic carbocycles. The number of methoxy groups -OCH3 is 1. The highest BCUT2D eigenvalue weighted by Gasteiger charge is 2.41. The molecule has 1 fully saturated rings. The first-order valence-corrected chi connectivity index (χ1v) is 7.20. The van der Waals surface area contributed by atoms with Crippen LogP contribution in [-0.2, 0) is 14.9 Å². The molecule has 20 heavy (non-hydrogen) atoms. The van der Waals surface area contributed by atoms with E-state index in [1.165, 1.54) is 5.56 Å². The van der Waals surface area contributed by atoms with Crippen LogP contribution in [0.25, 0.3) is 0 Å². The molecule has 2 aliphatic heterocycles. The zero-order valence-corrected chi connectivity index (χ0v) is 12.3. The van der Waals surface area contributed by atoms with Crippen LogP contribution < -0.4 is 10.2 Å². The zero-order chi connectivity index (χ0) is 14.3. The van der Waals surface area contributed by atoms with Gasteiger partial charge in [-0.15, -0.1) is 0 Å². The van der Waals surface area contributed by atoms with Gasteiger partial charge in [0.25, 0.3) is 0 Å². The van der Waals surface area contributed by atoms with E-state index in [-0.39, 0.29) is 23.5 Å². The number of para-hydroxylation sites is 1. The average Bonchev–Trinajstić information content (AvgIpc) is 3.02. The van der Waals surface area contributed by atoms with Crippen molar-refractivity contribution >= 4 is 11.6 Å². The molecular weight excluding hydrogens is 252 g/mol. The summed E-state index contributed by atoms with van der Waals surface area (Å²) >= 11 is 0. The molecule has 2 aliphatic rings. The van der Waals surface area contributed by atoms with Gasteiger partial charge < -0.3 is 15.0 Å². The molecule has 2 heterocycles. The minimum absolute atomic E-state index is 0.0194. The summed E-state index contributed by atoms with van der Waals surface area (Å²) in [6.45, 7) is 5.89. The monoisotopic (exact) mass is 274 g/mol. The Morgan fingerprint density at radius 3 is 2.85 bits per heavy atom. The Morgan fingerprint density at radius 2 is 2.15 bits per heavy atom. The average molecular weight is 274 g/mol. The highest BCUT2D eigenvalue weighted by atomic mass is 16.5. The summed E-state index contributed by atoms with van der Waals surface area (Å²) in [7, 11) is 1.70. The molecule has 1 saturated heterocycles. The fourth-order valence-corrected chi connectivity index (χ4v) is 3.30. The van der Waals surface area contributed by atoms with Crippen molar-refractivity contribution in [3.05, 3.63) is 29.8 Å². The summed E-state index contributed by atoms with van der Waals surface area (Å²) in [4.78, 5) is 14.7. The molecule has 0 radical (unpaired) electrons. The number of carbonyl (C=O) groups excluding carboxylic acids is 1. The Hall–Kier alpha value is -1.39. The van der Waals surface area contributed by atoms with Crippen LogP contribution in [0.4, 0.5) is 5.69 Å². The number of fused-ring (bicyclic) bond motifs is 1. The number of hydrogen-bond donors (Lipinski definition) is 1. The van der Waals surface area contributed by atoms with Gasteiger partial charge in [0.05, 0.1) is 12.1 Å². The summed E-state index contributed by atoms with van der Waals surface area (Å²) in [5.74, 6) is 0.169. The van der Waals surface area contributed by atoms with E-state index in [4.69, 9.17) is 4.74 Å². The lowest BCUT2D eigenvalue weighted by Crippen LogP contribution is -2.44. The fraction of sp³-hybridized carbons (Fsp3) is 0.562. The van der Waals surface area contributed by atoms with Crippen LogP contribution in [-0.4, -0.2) is 38.3 Å². The summed E-state index contributed by atoms with van der Waals surface area (Å²) < 4.78 is 5.33. The molecular formula is C16H22N2O2. The van der Waals surface area contributed by atoms with Crippen molar-refractivity contribution in [2.24, 2.45) is 0 Å². The van der Waals surface area contributed by atoms with Gasteiger partial charge in [0.15, 0.2) is 0 Å². The SMILES string of the molecule is CO[C@H]1CN[C@@H](C(=O)N2CC(C)(C)c3ccccc32)C1. The second kappa shape index (κ2) is 4.86. The number of amides is 1. The van der Waals surface area contributed by atoms with E-state index in [1.54, 1.807) is 7.11 Å². The smallest absolute Gasteiger partial charge is 0.244 e. The predicted octanol–water partition coefficient (Wildman–Crippen LogP) is 1.69. The highest BCUT2D eigenvalue weighted by molar-refractivity contribution is 5.99. The van der Waals surface area contributed by atoms with Gasteiger partial charge in [-0.3, -0.25) is 4.79 Å². The van der Waals surface area contributed by atoms with Crippen molar-refractivity contribution in [2.75, 3.05) is 25.1 Å². The van der Waals surface area contributed by atoms with E-state index < -0.39 is 0 Å². The van der Waals surface area contributed by atoms with Gasteiger partial charge in [0.1, 0.15) is 0 Å². The van der Waals surface area contributed by atoms with Crippen molar-refractivity contribution in [3.63, 3.8) is 0 Å². The first kappa shape index (κ1) is 13.6. The number of benzene rings is 1. The maximum Gasteiger partial charge on any atom is 0.244 e. The van der Waals surface area contributed by atoms with Crippen LogP contribution in [0.3, 0.4) is 0 Å². The lowest BCUT2D eigenvalue weighted by molar-refractivity contribution is -0.120. The molecule has 3 rings (SSSR count). The van der Waals surface area contributed by atoms with Gasteiger partial charge in [0.2, 0.25) is 5.91 Å². The normalized spacial score (nSPS) is 27.6. The van der Waals surface area contributed by atoms with Crippen LogP contribution in [0.15, 0.2) is 24.3 Å². The molecule has 1 aromatic rings. The van der Waals surface area contributed by atoms with Crippen molar-refractivity contribution < 1.29 is 9.53 Å². The van der Waals surface area contributed by atoms with Crippen molar-refractivity contribution in [1.29, 1.82) is 0 Å². The predicted molar refractivity (Wildman–Crippen MR) is 79.0 cm³/mol. The van der Waals surface area contributed by atoms with Gasteiger partial charge in [0, 0.05) is 31.3 Å². The summed E-state index contributed by atoms with van der Waals surface area (Å²) in [5, 5.41) is 3.28.